The molecule has 9 heteroatoms. The zero-order valence-corrected chi connectivity index (χ0v) is 17.5. The summed E-state index contributed by atoms with van der Waals surface area (Å²) in [4.78, 5) is 24.2. The van der Waals surface area contributed by atoms with E-state index in [9.17, 15) is 18.0 Å². The van der Waals surface area contributed by atoms with Gasteiger partial charge in [-0.2, -0.15) is 4.31 Å². The fourth-order valence-corrected chi connectivity index (χ4v) is 4.57. The summed E-state index contributed by atoms with van der Waals surface area (Å²) in [5.41, 5.74) is 0.0746. The molecule has 156 valence electrons. The molecule has 0 aromatic heterocycles. The molecule has 0 aliphatic carbocycles. The van der Waals surface area contributed by atoms with Crippen molar-refractivity contribution in [1.82, 2.24) is 9.62 Å². The molecular formula is C19H28N2O6S. The summed E-state index contributed by atoms with van der Waals surface area (Å²) in [5, 5.41) is 2.65. The molecule has 3 atom stereocenters. The van der Waals surface area contributed by atoms with E-state index in [1.165, 1.54) is 35.5 Å². The average molecular weight is 413 g/mol. The summed E-state index contributed by atoms with van der Waals surface area (Å²) < 4.78 is 38.0. The van der Waals surface area contributed by atoms with Crippen LogP contribution in [0, 0.1) is 0 Å². The average Bonchev–Trinajstić information content (AvgIpc) is 2.65. The first-order valence-corrected chi connectivity index (χ1v) is 10.8. The minimum atomic E-state index is -3.77. The number of carbonyl (C=O) groups is 2. The Morgan fingerprint density at radius 3 is 2.54 bits per heavy atom. The summed E-state index contributed by atoms with van der Waals surface area (Å²) in [7, 11) is -3.77. The van der Waals surface area contributed by atoms with E-state index >= 15 is 0 Å². The molecule has 1 heterocycles. The van der Waals surface area contributed by atoms with Crippen molar-refractivity contribution < 1.29 is 27.5 Å². The Labute approximate surface area is 166 Å². The number of morpholine rings is 1. The highest BCUT2D eigenvalue weighted by Crippen LogP contribution is 2.22. The van der Waals surface area contributed by atoms with Gasteiger partial charge in [-0.3, -0.25) is 4.79 Å². The third-order valence-electron chi connectivity index (χ3n) is 4.30. The van der Waals surface area contributed by atoms with E-state index in [2.05, 4.69) is 5.32 Å². The van der Waals surface area contributed by atoms with E-state index in [0.29, 0.717) is 6.54 Å². The summed E-state index contributed by atoms with van der Waals surface area (Å²) >= 11 is 0. The lowest BCUT2D eigenvalue weighted by atomic mass is 10.2. The lowest BCUT2D eigenvalue weighted by Gasteiger charge is -2.34. The molecule has 0 spiro atoms. The van der Waals surface area contributed by atoms with E-state index in [-0.39, 0.29) is 35.8 Å². The van der Waals surface area contributed by atoms with Crippen molar-refractivity contribution in [2.24, 2.45) is 0 Å². The van der Waals surface area contributed by atoms with Crippen LogP contribution < -0.4 is 5.32 Å². The van der Waals surface area contributed by atoms with Gasteiger partial charge in [0.15, 0.2) is 6.10 Å². The number of hydrogen-bond acceptors (Lipinski definition) is 6. The van der Waals surface area contributed by atoms with Gasteiger partial charge in [-0.15, -0.1) is 0 Å². The predicted octanol–water partition coefficient (Wildman–Crippen LogP) is 1.56. The molecule has 0 radical (unpaired) electrons. The van der Waals surface area contributed by atoms with Crippen LogP contribution in [-0.2, 0) is 24.3 Å². The zero-order valence-electron chi connectivity index (χ0n) is 16.7. The number of carbonyl (C=O) groups excluding carboxylic acids is 2. The fourth-order valence-electron chi connectivity index (χ4n) is 2.93. The third-order valence-corrected chi connectivity index (χ3v) is 6.12. The highest BCUT2D eigenvalue weighted by molar-refractivity contribution is 7.89. The first kappa shape index (κ1) is 22.3. The molecule has 0 bridgehead atoms. The molecule has 1 aromatic rings. The summed E-state index contributed by atoms with van der Waals surface area (Å²) in [6.45, 7) is 8.00. The summed E-state index contributed by atoms with van der Waals surface area (Å²) in [6, 6.07) is 5.66. The van der Waals surface area contributed by atoms with Gasteiger partial charge in [-0.25, -0.2) is 13.2 Å². The number of esters is 1. The molecule has 2 rings (SSSR count). The summed E-state index contributed by atoms with van der Waals surface area (Å²) in [6.07, 6.45) is -0.631. The van der Waals surface area contributed by atoms with Crippen LogP contribution in [0.25, 0.3) is 0 Å². The molecule has 8 nitrogen and oxygen atoms in total. The molecule has 1 aromatic carbocycles. The van der Waals surface area contributed by atoms with Crippen molar-refractivity contribution in [2.45, 2.75) is 57.3 Å². The van der Waals surface area contributed by atoms with Crippen LogP contribution in [0.15, 0.2) is 29.2 Å². The zero-order chi connectivity index (χ0) is 20.9. The number of nitrogens with zero attached hydrogens (tertiary/aromatic N) is 1. The normalized spacial score (nSPS) is 21.7. The highest BCUT2D eigenvalue weighted by Gasteiger charge is 2.32. The molecule has 0 unspecified atom stereocenters. The second-order valence-corrected chi connectivity index (χ2v) is 8.88. The molecule has 1 amide bonds. The third kappa shape index (κ3) is 5.52. The number of sulfonamides is 1. The van der Waals surface area contributed by atoms with Crippen molar-refractivity contribution in [3.05, 3.63) is 29.8 Å². The Morgan fingerprint density at radius 1 is 1.29 bits per heavy atom. The van der Waals surface area contributed by atoms with Crippen LogP contribution in [-0.4, -0.2) is 62.5 Å². The molecule has 1 N–H and O–H groups in total. The van der Waals surface area contributed by atoms with Crippen LogP contribution in [0.4, 0.5) is 0 Å². The quantitative estimate of drug-likeness (QED) is 0.682. The van der Waals surface area contributed by atoms with E-state index in [4.69, 9.17) is 9.47 Å². The first-order chi connectivity index (χ1) is 13.1. The van der Waals surface area contributed by atoms with Crippen LogP contribution in [0.2, 0.25) is 0 Å². The van der Waals surface area contributed by atoms with Crippen LogP contribution in [0.5, 0.6) is 0 Å². The van der Waals surface area contributed by atoms with Crippen molar-refractivity contribution in [1.29, 1.82) is 0 Å². The second kappa shape index (κ2) is 9.49. The lowest BCUT2D eigenvalue weighted by molar-refractivity contribution is -0.129. The van der Waals surface area contributed by atoms with Gasteiger partial charge in [0.25, 0.3) is 5.91 Å². The van der Waals surface area contributed by atoms with Crippen LogP contribution in [0.1, 0.15) is 44.5 Å². The maximum Gasteiger partial charge on any atom is 0.338 e. The molecule has 1 aliphatic rings. The van der Waals surface area contributed by atoms with Gasteiger partial charge >= 0.3 is 5.97 Å². The van der Waals surface area contributed by atoms with Gasteiger partial charge < -0.3 is 14.8 Å². The molecule has 28 heavy (non-hydrogen) atoms. The number of nitrogens with one attached hydrogen (secondary N) is 1. The van der Waals surface area contributed by atoms with Crippen molar-refractivity contribution in [2.75, 3.05) is 19.6 Å². The number of ether oxygens (including phenoxy) is 2. The van der Waals surface area contributed by atoms with E-state index < -0.39 is 28.0 Å². The predicted molar refractivity (Wildman–Crippen MR) is 103 cm³/mol. The molecule has 1 fully saturated rings. The smallest absolute Gasteiger partial charge is 0.338 e. The molecule has 1 aliphatic heterocycles. The van der Waals surface area contributed by atoms with Crippen molar-refractivity contribution >= 4 is 21.9 Å². The monoisotopic (exact) mass is 412 g/mol. The molecule has 0 saturated carbocycles. The molecular weight excluding hydrogens is 384 g/mol. The van der Waals surface area contributed by atoms with Gasteiger partial charge in [0.2, 0.25) is 10.0 Å². The lowest BCUT2D eigenvalue weighted by Crippen LogP contribution is -2.48. The number of benzene rings is 1. The van der Waals surface area contributed by atoms with Gasteiger partial charge in [-0.05, 0) is 45.4 Å². The van der Waals surface area contributed by atoms with Gasteiger partial charge in [0, 0.05) is 19.6 Å². The number of rotatable bonds is 7. The maximum absolute atomic E-state index is 13.0. The van der Waals surface area contributed by atoms with E-state index in [1.54, 1.807) is 0 Å². The SMILES string of the molecule is CCCNC(=O)[C@@H](C)OC(=O)c1cccc(S(=O)(=O)N2C[C@@H](C)O[C@H](C)C2)c1. The Hall–Kier alpha value is -1.97. The van der Waals surface area contributed by atoms with Crippen LogP contribution in [0.3, 0.4) is 0 Å². The topological polar surface area (TPSA) is 102 Å². The van der Waals surface area contributed by atoms with E-state index in [0.717, 1.165) is 6.42 Å². The Balaban J connectivity index is 2.14. The largest absolute Gasteiger partial charge is 0.449 e. The van der Waals surface area contributed by atoms with Crippen LogP contribution >= 0.6 is 0 Å². The van der Waals surface area contributed by atoms with Crippen molar-refractivity contribution in [3.8, 4) is 0 Å². The maximum atomic E-state index is 13.0. The standard InChI is InChI=1S/C19H28N2O6S/c1-5-9-20-18(22)15(4)27-19(23)16-7-6-8-17(10-16)28(24,25)21-11-13(2)26-14(3)12-21/h6-8,10,13-15H,5,9,11-12H2,1-4H3,(H,20,22)/t13-,14-,15-/m1/s1. The summed E-state index contributed by atoms with van der Waals surface area (Å²) in [5.74, 6) is -1.14. The van der Waals surface area contributed by atoms with Crippen molar-refractivity contribution in [3.63, 3.8) is 0 Å². The Kier molecular flexibility index (Phi) is 7.56. The van der Waals surface area contributed by atoms with E-state index in [1.807, 2.05) is 20.8 Å². The minimum Gasteiger partial charge on any atom is -0.449 e. The highest BCUT2D eigenvalue weighted by atomic mass is 32.2. The minimum absolute atomic E-state index is 0.00587. The Bertz CT molecular complexity index is 800. The van der Waals surface area contributed by atoms with Gasteiger partial charge in [0.05, 0.1) is 22.7 Å². The fraction of sp³-hybridized carbons (Fsp3) is 0.579. The second-order valence-electron chi connectivity index (χ2n) is 6.95. The van der Waals surface area contributed by atoms with Gasteiger partial charge in [-0.1, -0.05) is 13.0 Å². The molecule has 1 saturated heterocycles. The Morgan fingerprint density at radius 2 is 1.93 bits per heavy atom. The number of amides is 1. The van der Waals surface area contributed by atoms with Gasteiger partial charge in [0.1, 0.15) is 0 Å². The number of hydrogen-bond donors (Lipinski definition) is 1. The first-order valence-electron chi connectivity index (χ1n) is 9.39.